The lowest BCUT2D eigenvalue weighted by molar-refractivity contribution is 0.0512. The number of benzene rings is 1. The highest BCUT2D eigenvalue weighted by Crippen LogP contribution is 2.23. The Morgan fingerprint density at radius 1 is 1.22 bits per heavy atom. The normalized spacial score (nSPS) is 17.0. The van der Waals surface area contributed by atoms with E-state index in [4.69, 9.17) is 14.9 Å². The molecule has 1 fully saturated rings. The zero-order valence-electron chi connectivity index (χ0n) is 14.6. The molecule has 1 aromatic carbocycles. The van der Waals surface area contributed by atoms with Crippen LogP contribution in [0.3, 0.4) is 0 Å². The van der Waals surface area contributed by atoms with Crippen molar-refractivity contribution in [1.29, 1.82) is 0 Å². The van der Waals surface area contributed by atoms with E-state index in [0.29, 0.717) is 30.2 Å². The van der Waals surface area contributed by atoms with Gasteiger partial charge in [-0.05, 0) is 31.0 Å². The molecule has 7 heteroatoms. The first-order valence-electron chi connectivity index (χ1n) is 8.80. The number of nitrogens with zero attached hydrogens (tertiary/aromatic N) is 2. The molecule has 4 rings (SSSR count). The molecule has 2 amide bonds. The van der Waals surface area contributed by atoms with Crippen LogP contribution in [-0.2, 0) is 0 Å². The molecular formula is C20H19N3O4. The molecule has 1 aliphatic rings. The maximum Gasteiger partial charge on any atom is 0.289 e. The topological polar surface area (TPSA) is 98.7 Å². The number of rotatable bonds is 4. The summed E-state index contributed by atoms with van der Waals surface area (Å²) in [6, 6.07) is 12.5. The number of likely N-dealkylation sites (tertiary alicyclic amines) is 1. The molecule has 3 heterocycles. The number of amides is 2. The highest BCUT2D eigenvalue weighted by Gasteiger charge is 2.27. The van der Waals surface area contributed by atoms with Gasteiger partial charge in [0.2, 0.25) is 0 Å². The molecule has 2 aromatic heterocycles. The standard InChI is InChI=1S/C20H19N3O4/c21-19(24)16-11-14(7-8-22-16)26-15-5-3-9-23(12-15)20(25)18-10-13-4-1-2-6-17(13)27-18/h1-2,4,6-8,10-11,15H,3,5,9,12H2,(H2,21,24). The molecule has 0 bridgehead atoms. The number of nitrogens with two attached hydrogens (primary N) is 1. The summed E-state index contributed by atoms with van der Waals surface area (Å²) < 4.78 is 11.6. The minimum absolute atomic E-state index is 0.146. The molecular weight excluding hydrogens is 346 g/mol. The Bertz CT molecular complexity index is 965. The van der Waals surface area contributed by atoms with E-state index in [-0.39, 0.29) is 17.7 Å². The summed E-state index contributed by atoms with van der Waals surface area (Å²) in [7, 11) is 0. The van der Waals surface area contributed by atoms with E-state index in [2.05, 4.69) is 4.98 Å². The van der Waals surface area contributed by atoms with Gasteiger partial charge in [0.25, 0.3) is 11.8 Å². The number of furan rings is 1. The second kappa shape index (κ2) is 7.11. The monoisotopic (exact) mass is 365 g/mol. The van der Waals surface area contributed by atoms with Crippen molar-refractivity contribution in [3.05, 3.63) is 60.1 Å². The lowest BCUT2D eigenvalue weighted by atomic mass is 10.1. The molecule has 0 saturated carbocycles. The highest BCUT2D eigenvalue weighted by atomic mass is 16.5. The van der Waals surface area contributed by atoms with Crippen LogP contribution in [0, 0.1) is 0 Å². The van der Waals surface area contributed by atoms with Crippen LogP contribution in [0.25, 0.3) is 11.0 Å². The van der Waals surface area contributed by atoms with Crippen LogP contribution < -0.4 is 10.5 Å². The second-order valence-corrected chi connectivity index (χ2v) is 6.52. The smallest absolute Gasteiger partial charge is 0.289 e. The van der Waals surface area contributed by atoms with Gasteiger partial charge in [0, 0.05) is 24.2 Å². The summed E-state index contributed by atoms with van der Waals surface area (Å²) in [4.78, 5) is 29.7. The highest BCUT2D eigenvalue weighted by molar-refractivity contribution is 5.96. The molecule has 1 unspecified atom stereocenters. The van der Waals surface area contributed by atoms with Crippen LogP contribution in [0.5, 0.6) is 5.75 Å². The average molecular weight is 365 g/mol. The Kier molecular flexibility index (Phi) is 4.50. The van der Waals surface area contributed by atoms with E-state index >= 15 is 0 Å². The zero-order chi connectivity index (χ0) is 18.8. The summed E-state index contributed by atoms with van der Waals surface area (Å²) in [6.07, 6.45) is 2.95. The average Bonchev–Trinajstić information content (AvgIpc) is 3.12. The molecule has 1 saturated heterocycles. The van der Waals surface area contributed by atoms with E-state index in [0.717, 1.165) is 18.2 Å². The van der Waals surface area contributed by atoms with Gasteiger partial charge in [-0.2, -0.15) is 0 Å². The molecule has 2 N–H and O–H groups in total. The number of fused-ring (bicyclic) bond motifs is 1. The van der Waals surface area contributed by atoms with E-state index in [1.165, 1.54) is 12.3 Å². The van der Waals surface area contributed by atoms with Crippen LogP contribution in [0.2, 0.25) is 0 Å². The maximum atomic E-state index is 12.8. The Balaban J connectivity index is 1.46. The Morgan fingerprint density at radius 2 is 2.07 bits per heavy atom. The SMILES string of the molecule is NC(=O)c1cc(OC2CCCN(C(=O)c3cc4ccccc4o3)C2)ccn1. The number of ether oxygens (including phenoxy) is 1. The predicted octanol–water partition coefficient (Wildman–Crippen LogP) is 2.61. The minimum Gasteiger partial charge on any atom is -0.488 e. The Morgan fingerprint density at radius 3 is 2.89 bits per heavy atom. The quantitative estimate of drug-likeness (QED) is 0.766. The number of carbonyl (C=O) groups excluding carboxylic acids is 2. The molecule has 1 atom stereocenters. The molecule has 0 radical (unpaired) electrons. The zero-order valence-corrected chi connectivity index (χ0v) is 14.6. The van der Waals surface area contributed by atoms with E-state index in [1.54, 1.807) is 17.0 Å². The fourth-order valence-electron chi connectivity index (χ4n) is 3.27. The van der Waals surface area contributed by atoms with Crippen LogP contribution in [0.4, 0.5) is 0 Å². The van der Waals surface area contributed by atoms with Gasteiger partial charge in [-0.3, -0.25) is 14.6 Å². The van der Waals surface area contributed by atoms with E-state index < -0.39 is 5.91 Å². The lowest BCUT2D eigenvalue weighted by Gasteiger charge is -2.32. The summed E-state index contributed by atoms with van der Waals surface area (Å²) in [5, 5.41) is 0.904. The fraction of sp³-hybridized carbons (Fsp3) is 0.250. The summed E-state index contributed by atoms with van der Waals surface area (Å²) in [5.74, 6) is 0.0939. The number of carbonyl (C=O) groups is 2. The third-order valence-electron chi connectivity index (χ3n) is 4.59. The third-order valence-corrected chi connectivity index (χ3v) is 4.59. The van der Waals surface area contributed by atoms with Crippen LogP contribution >= 0.6 is 0 Å². The first kappa shape index (κ1) is 17.1. The molecule has 0 aliphatic carbocycles. The van der Waals surface area contributed by atoms with E-state index in [9.17, 15) is 9.59 Å². The van der Waals surface area contributed by atoms with Gasteiger partial charge in [-0.25, -0.2) is 0 Å². The summed E-state index contributed by atoms with van der Waals surface area (Å²) >= 11 is 0. The second-order valence-electron chi connectivity index (χ2n) is 6.52. The van der Waals surface area contributed by atoms with Crippen molar-refractivity contribution >= 4 is 22.8 Å². The van der Waals surface area contributed by atoms with Gasteiger partial charge in [-0.1, -0.05) is 18.2 Å². The number of aromatic nitrogens is 1. The summed E-state index contributed by atoms with van der Waals surface area (Å²) in [5.41, 5.74) is 6.10. The molecule has 7 nitrogen and oxygen atoms in total. The first-order valence-corrected chi connectivity index (χ1v) is 8.80. The Labute approximate surface area is 155 Å². The molecule has 3 aromatic rings. The number of para-hydroxylation sites is 1. The third kappa shape index (κ3) is 3.62. The van der Waals surface area contributed by atoms with Crippen LogP contribution in [0.1, 0.15) is 33.9 Å². The number of hydrogen-bond acceptors (Lipinski definition) is 5. The van der Waals surface area contributed by atoms with Crippen LogP contribution in [-0.4, -0.2) is 40.9 Å². The lowest BCUT2D eigenvalue weighted by Crippen LogP contribution is -2.44. The van der Waals surface area contributed by atoms with Crippen molar-refractivity contribution < 1.29 is 18.7 Å². The Hall–Kier alpha value is -3.35. The van der Waals surface area contributed by atoms with Gasteiger partial charge in [0.05, 0.1) is 6.54 Å². The van der Waals surface area contributed by atoms with Gasteiger partial charge in [0.15, 0.2) is 5.76 Å². The molecule has 27 heavy (non-hydrogen) atoms. The van der Waals surface area contributed by atoms with Gasteiger partial charge in [-0.15, -0.1) is 0 Å². The minimum atomic E-state index is -0.606. The van der Waals surface area contributed by atoms with Gasteiger partial charge in [0.1, 0.15) is 23.1 Å². The summed E-state index contributed by atoms with van der Waals surface area (Å²) in [6.45, 7) is 1.10. The van der Waals surface area contributed by atoms with Crippen LogP contribution in [0.15, 0.2) is 53.1 Å². The largest absolute Gasteiger partial charge is 0.488 e. The van der Waals surface area contributed by atoms with Crippen molar-refractivity contribution in [1.82, 2.24) is 9.88 Å². The maximum absolute atomic E-state index is 12.8. The number of piperidine rings is 1. The van der Waals surface area contributed by atoms with Gasteiger partial charge < -0.3 is 19.8 Å². The predicted molar refractivity (Wildman–Crippen MR) is 98.5 cm³/mol. The molecule has 138 valence electrons. The van der Waals surface area contributed by atoms with Crippen molar-refractivity contribution in [2.45, 2.75) is 18.9 Å². The molecule has 0 spiro atoms. The number of primary amides is 1. The van der Waals surface area contributed by atoms with Crippen molar-refractivity contribution in [3.8, 4) is 5.75 Å². The fourth-order valence-corrected chi connectivity index (χ4v) is 3.27. The number of pyridine rings is 1. The van der Waals surface area contributed by atoms with Crippen molar-refractivity contribution in [2.24, 2.45) is 5.73 Å². The molecule has 1 aliphatic heterocycles. The van der Waals surface area contributed by atoms with Gasteiger partial charge >= 0.3 is 0 Å². The number of hydrogen-bond donors (Lipinski definition) is 1. The van der Waals surface area contributed by atoms with Crippen molar-refractivity contribution in [2.75, 3.05) is 13.1 Å². The van der Waals surface area contributed by atoms with E-state index in [1.807, 2.05) is 24.3 Å². The van der Waals surface area contributed by atoms with Crippen molar-refractivity contribution in [3.63, 3.8) is 0 Å². The first-order chi connectivity index (χ1) is 13.1.